The van der Waals surface area contributed by atoms with Crippen LogP contribution in [0.25, 0.3) is 6.08 Å². The van der Waals surface area contributed by atoms with E-state index in [-0.39, 0.29) is 17.1 Å². The fourth-order valence-electron chi connectivity index (χ4n) is 2.42. The van der Waals surface area contributed by atoms with Crippen molar-refractivity contribution >= 4 is 52.5 Å². The highest BCUT2D eigenvalue weighted by Crippen LogP contribution is 2.34. The van der Waals surface area contributed by atoms with E-state index in [9.17, 15) is 24.3 Å². The van der Waals surface area contributed by atoms with Crippen LogP contribution < -0.4 is 5.32 Å². The van der Waals surface area contributed by atoms with Crippen LogP contribution in [0.4, 0.5) is 4.79 Å². The van der Waals surface area contributed by atoms with Gasteiger partial charge in [0.15, 0.2) is 0 Å². The molecule has 0 spiro atoms. The maximum absolute atomic E-state index is 12.4. The van der Waals surface area contributed by atoms with Gasteiger partial charge in [0.25, 0.3) is 11.1 Å². The van der Waals surface area contributed by atoms with Crippen molar-refractivity contribution in [3.63, 3.8) is 0 Å². The van der Waals surface area contributed by atoms with E-state index >= 15 is 0 Å². The second kappa shape index (κ2) is 10.1. The number of carboxylic acid groups (broad SMARTS) is 1. The average Bonchev–Trinajstić information content (AvgIpc) is 2.88. The first-order chi connectivity index (χ1) is 13.3. The number of phenols is 1. The third-order valence-corrected chi connectivity index (χ3v) is 4.98. The molecule has 0 unspecified atom stereocenters. The highest BCUT2D eigenvalue weighted by molar-refractivity contribution is 8.18. The predicted octanol–water partition coefficient (Wildman–Crippen LogP) is 2.84. The van der Waals surface area contributed by atoms with Crippen LogP contribution in [0.3, 0.4) is 0 Å². The maximum Gasteiger partial charge on any atom is 0.303 e. The van der Waals surface area contributed by atoms with Crippen LogP contribution in [-0.2, 0) is 14.4 Å². The van der Waals surface area contributed by atoms with E-state index in [1.807, 2.05) is 0 Å². The van der Waals surface area contributed by atoms with Crippen LogP contribution in [-0.4, -0.2) is 51.2 Å². The van der Waals surface area contributed by atoms with Gasteiger partial charge in [0, 0.05) is 23.6 Å². The van der Waals surface area contributed by atoms with Crippen LogP contribution >= 0.6 is 23.4 Å². The Morgan fingerprint density at radius 1 is 1.21 bits per heavy atom. The molecular weight excluding hydrogens is 408 g/mol. The van der Waals surface area contributed by atoms with Crippen LogP contribution in [0.15, 0.2) is 23.1 Å². The minimum absolute atomic E-state index is 0.0826. The van der Waals surface area contributed by atoms with Crippen molar-refractivity contribution in [2.45, 2.75) is 25.7 Å². The van der Waals surface area contributed by atoms with E-state index < -0.39 is 29.6 Å². The van der Waals surface area contributed by atoms with Gasteiger partial charge in [0.1, 0.15) is 12.3 Å². The number of nitrogens with zero attached hydrogens (tertiary/aromatic N) is 1. The van der Waals surface area contributed by atoms with E-state index in [1.54, 1.807) is 0 Å². The molecule has 2 rings (SSSR count). The summed E-state index contributed by atoms with van der Waals surface area (Å²) in [4.78, 5) is 47.7. The number of unbranched alkanes of at least 4 members (excludes halogenated alkanes) is 2. The lowest BCUT2D eigenvalue weighted by Gasteiger charge is -2.12. The quantitative estimate of drug-likeness (QED) is 0.409. The van der Waals surface area contributed by atoms with Gasteiger partial charge in [-0.05, 0) is 48.9 Å². The molecule has 1 saturated heterocycles. The van der Waals surface area contributed by atoms with Gasteiger partial charge in [-0.3, -0.25) is 24.1 Å². The smallest absolute Gasteiger partial charge is 0.303 e. The lowest BCUT2D eigenvalue weighted by Crippen LogP contribution is -2.39. The topological polar surface area (TPSA) is 124 Å². The zero-order valence-corrected chi connectivity index (χ0v) is 16.4. The maximum atomic E-state index is 12.4. The molecule has 0 aromatic heterocycles. The summed E-state index contributed by atoms with van der Waals surface area (Å²) in [6.07, 6.45) is 3.22. The van der Waals surface area contributed by atoms with Gasteiger partial charge in [-0.25, -0.2) is 0 Å². The Bertz CT molecular complexity index is 826. The van der Waals surface area contributed by atoms with Crippen LogP contribution in [0.2, 0.25) is 5.02 Å². The van der Waals surface area contributed by atoms with Gasteiger partial charge in [0.2, 0.25) is 5.91 Å². The largest absolute Gasteiger partial charge is 0.507 e. The summed E-state index contributed by atoms with van der Waals surface area (Å²) in [6, 6.07) is 4.33. The number of carbonyl (C=O) groups is 4. The average molecular weight is 427 g/mol. The molecule has 1 aromatic carbocycles. The molecule has 0 aliphatic carbocycles. The number of imide groups is 1. The number of aliphatic carboxylic acids is 1. The van der Waals surface area contributed by atoms with Crippen molar-refractivity contribution in [3.8, 4) is 5.75 Å². The molecule has 0 atom stereocenters. The minimum atomic E-state index is -0.859. The van der Waals surface area contributed by atoms with Crippen LogP contribution in [0.1, 0.15) is 31.2 Å². The zero-order valence-electron chi connectivity index (χ0n) is 14.8. The molecule has 3 amide bonds. The molecule has 3 N–H and O–H groups in total. The molecular formula is C18H19ClN2O6S. The number of amides is 3. The first-order valence-corrected chi connectivity index (χ1v) is 9.69. The van der Waals surface area contributed by atoms with Crippen molar-refractivity contribution < 1.29 is 29.4 Å². The van der Waals surface area contributed by atoms with Gasteiger partial charge < -0.3 is 15.5 Å². The number of carboxylic acids is 1. The van der Waals surface area contributed by atoms with Crippen LogP contribution in [0.5, 0.6) is 5.75 Å². The van der Waals surface area contributed by atoms with Gasteiger partial charge in [-0.15, -0.1) is 0 Å². The molecule has 10 heteroatoms. The summed E-state index contributed by atoms with van der Waals surface area (Å²) in [5.41, 5.74) is 0.295. The fourth-order valence-corrected chi connectivity index (χ4v) is 3.43. The summed E-state index contributed by atoms with van der Waals surface area (Å²) < 4.78 is 0. The Labute approximate surface area is 170 Å². The molecule has 8 nitrogen and oxygen atoms in total. The molecule has 0 radical (unpaired) electrons. The lowest BCUT2D eigenvalue weighted by atomic mass is 10.2. The van der Waals surface area contributed by atoms with Gasteiger partial charge >= 0.3 is 5.97 Å². The zero-order chi connectivity index (χ0) is 20.7. The molecule has 0 bridgehead atoms. The van der Waals surface area contributed by atoms with E-state index in [0.717, 1.165) is 4.90 Å². The van der Waals surface area contributed by atoms with Crippen molar-refractivity contribution in [3.05, 3.63) is 33.7 Å². The number of thioether (sulfide) groups is 1. The summed E-state index contributed by atoms with van der Waals surface area (Å²) >= 11 is 6.55. The number of phenolic OH excluding ortho intramolecular Hbond substituents is 1. The summed E-state index contributed by atoms with van der Waals surface area (Å²) in [7, 11) is 0. The van der Waals surface area contributed by atoms with Crippen molar-refractivity contribution in [2.24, 2.45) is 0 Å². The third-order valence-electron chi connectivity index (χ3n) is 3.84. The van der Waals surface area contributed by atoms with E-state index in [1.165, 1.54) is 24.3 Å². The first-order valence-electron chi connectivity index (χ1n) is 8.50. The molecule has 1 aromatic rings. The SMILES string of the molecule is O=C(O)CCCCCNC(=O)CN1C(=O)S/C(=C\c2cc(Cl)ccc2O)C1=O. The number of aromatic hydroxyl groups is 1. The minimum Gasteiger partial charge on any atom is -0.507 e. The Morgan fingerprint density at radius 2 is 1.96 bits per heavy atom. The van der Waals surface area contributed by atoms with Gasteiger partial charge in [0.05, 0.1) is 4.91 Å². The summed E-state index contributed by atoms with van der Waals surface area (Å²) in [5, 5.41) is 20.8. The molecule has 1 aliphatic rings. The van der Waals surface area contributed by atoms with E-state index in [0.29, 0.717) is 48.2 Å². The molecule has 0 saturated carbocycles. The number of rotatable bonds is 9. The number of halogens is 1. The third kappa shape index (κ3) is 6.28. The number of nitrogens with one attached hydrogen (secondary N) is 1. The summed E-state index contributed by atoms with van der Waals surface area (Å²) in [6.45, 7) is -0.0699. The highest BCUT2D eigenvalue weighted by atomic mass is 35.5. The second-order valence-electron chi connectivity index (χ2n) is 6.03. The lowest BCUT2D eigenvalue weighted by molar-refractivity contribution is -0.137. The van der Waals surface area contributed by atoms with Crippen molar-refractivity contribution in [1.29, 1.82) is 0 Å². The molecule has 1 heterocycles. The van der Waals surface area contributed by atoms with Gasteiger partial charge in [-0.2, -0.15) is 0 Å². The van der Waals surface area contributed by atoms with Crippen LogP contribution in [0, 0.1) is 0 Å². The second-order valence-corrected chi connectivity index (χ2v) is 7.45. The Hall–Kier alpha value is -2.52. The van der Waals surface area contributed by atoms with E-state index in [2.05, 4.69) is 5.32 Å². The Morgan fingerprint density at radius 3 is 2.68 bits per heavy atom. The molecule has 28 heavy (non-hydrogen) atoms. The predicted molar refractivity (Wildman–Crippen MR) is 105 cm³/mol. The normalized spacial score (nSPS) is 15.3. The monoisotopic (exact) mass is 426 g/mol. The number of benzene rings is 1. The Balaban J connectivity index is 1.87. The van der Waals surface area contributed by atoms with Gasteiger partial charge in [-0.1, -0.05) is 18.0 Å². The Kier molecular flexibility index (Phi) is 7.89. The van der Waals surface area contributed by atoms with E-state index in [4.69, 9.17) is 16.7 Å². The van der Waals surface area contributed by atoms with Crippen molar-refractivity contribution in [1.82, 2.24) is 10.2 Å². The van der Waals surface area contributed by atoms with Crippen molar-refractivity contribution in [2.75, 3.05) is 13.1 Å². The number of hydrogen-bond donors (Lipinski definition) is 3. The number of carbonyl (C=O) groups excluding carboxylic acids is 3. The highest BCUT2D eigenvalue weighted by Gasteiger charge is 2.36. The molecule has 1 aliphatic heterocycles. The first kappa shape index (κ1) is 21.8. The standard InChI is InChI=1S/C18H19ClN2O6S/c19-12-5-6-13(22)11(8-12)9-14-17(26)21(18(27)28-14)10-15(23)20-7-3-1-2-4-16(24)25/h5-6,8-9,22H,1-4,7,10H2,(H,20,23)(H,24,25)/b14-9-. The molecule has 150 valence electrons. The fraction of sp³-hybridized carbons (Fsp3) is 0.333. The summed E-state index contributed by atoms with van der Waals surface area (Å²) in [5.74, 6) is -2.04. The number of hydrogen-bond acceptors (Lipinski definition) is 6. The molecule has 1 fully saturated rings.